The molecule has 0 fully saturated rings. The Labute approximate surface area is 168 Å². The van der Waals surface area contributed by atoms with Crippen LogP contribution in [-0.4, -0.2) is 36.9 Å². The van der Waals surface area contributed by atoms with Gasteiger partial charge in [-0.05, 0) is 18.8 Å². The van der Waals surface area contributed by atoms with E-state index in [1.807, 2.05) is 0 Å². The van der Waals surface area contributed by atoms with Crippen LogP contribution in [0.4, 0.5) is 0 Å². The van der Waals surface area contributed by atoms with Crippen LogP contribution in [0.5, 0.6) is 0 Å². The summed E-state index contributed by atoms with van der Waals surface area (Å²) in [6.45, 7) is 5.77. The summed E-state index contributed by atoms with van der Waals surface area (Å²) in [7, 11) is 0. The molecule has 0 aliphatic heterocycles. The van der Waals surface area contributed by atoms with Crippen molar-refractivity contribution in [2.75, 3.05) is 19.8 Å². The zero-order valence-electron chi connectivity index (χ0n) is 18.1. The molecule has 0 amide bonds. The highest BCUT2D eigenvalue weighted by Crippen LogP contribution is 2.19. The number of unbranched alkanes of at least 4 members (excludes halogenated alkanes) is 10. The molecule has 162 valence electrons. The normalized spacial score (nSPS) is 13.4. The number of aliphatic imine (C=N–C) groups is 1. The van der Waals surface area contributed by atoms with Crippen LogP contribution in [0.2, 0.25) is 0 Å². The number of hydrogen-bond donors (Lipinski definition) is 3. The van der Waals surface area contributed by atoms with Crippen LogP contribution < -0.4 is 11.5 Å². The van der Waals surface area contributed by atoms with Gasteiger partial charge in [0.1, 0.15) is 0 Å². The van der Waals surface area contributed by atoms with Crippen LogP contribution in [0.1, 0.15) is 104 Å². The SMILES string of the molecule is CCCCCCCCCC(CCCCCCC)COCC(O)CN=C(N)N. The molecule has 0 saturated heterocycles. The average Bonchev–Trinajstić information content (AvgIpc) is 2.64. The average molecular weight is 386 g/mol. The van der Waals surface area contributed by atoms with E-state index < -0.39 is 6.10 Å². The van der Waals surface area contributed by atoms with Gasteiger partial charge in [-0.15, -0.1) is 0 Å². The molecule has 0 spiro atoms. The van der Waals surface area contributed by atoms with E-state index in [0.717, 1.165) is 6.61 Å². The minimum atomic E-state index is -0.629. The van der Waals surface area contributed by atoms with E-state index in [1.54, 1.807) is 0 Å². The van der Waals surface area contributed by atoms with E-state index in [4.69, 9.17) is 16.2 Å². The lowest BCUT2D eigenvalue weighted by molar-refractivity contribution is 0.0218. The highest BCUT2D eigenvalue weighted by atomic mass is 16.5. The number of nitrogens with two attached hydrogens (primary N) is 2. The maximum absolute atomic E-state index is 9.86. The highest BCUT2D eigenvalue weighted by Gasteiger charge is 2.11. The van der Waals surface area contributed by atoms with Crippen molar-refractivity contribution in [3.8, 4) is 0 Å². The Morgan fingerprint density at radius 2 is 1.26 bits per heavy atom. The summed E-state index contributed by atoms with van der Waals surface area (Å²) in [5.74, 6) is 0.621. The molecule has 0 saturated carbocycles. The third-order valence-electron chi connectivity index (χ3n) is 5.08. The summed E-state index contributed by atoms with van der Waals surface area (Å²) < 4.78 is 5.78. The second-order valence-corrected chi connectivity index (χ2v) is 7.94. The molecule has 0 aromatic carbocycles. The number of aliphatic hydroxyl groups excluding tert-OH is 1. The molecule has 5 heteroatoms. The lowest BCUT2D eigenvalue weighted by Crippen LogP contribution is -2.27. The molecule has 5 nitrogen and oxygen atoms in total. The summed E-state index contributed by atoms with van der Waals surface area (Å²) >= 11 is 0. The van der Waals surface area contributed by atoms with Gasteiger partial charge in [0.25, 0.3) is 0 Å². The highest BCUT2D eigenvalue weighted by molar-refractivity contribution is 5.75. The Bertz CT molecular complexity index is 334. The first kappa shape index (κ1) is 26.2. The molecule has 0 radical (unpaired) electrons. The summed E-state index contributed by atoms with van der Waals surface area (Å²) in [6.07, 6.45) is 17.9. The summed E-state index contributed by atoms with van der Waals surface area (Å²) in [6, 6.07) is 0. The first-order chi connectivity index (χ1) is 13.1. The standard InChI is InChI=1S/C22H47N3O2/c1-3-5-7-9-10-12-14-16-20(15-13-11-8-6-4-2)18-27-19-21(26)17-25-22(23)24/h20-21,26H,3-19H2,1-2H3,(H4,23,24,25). The van der Waals surface area contributed by atoms with E-state index in [0.29, 0.717) is 12.5 Å². The number of ether oxygens (including phenoxy) is 1. The van der Waals surface area contributed by atoms with Gasteiger partial charge in [-0.3, -0.25) is 4.99 Å². The van der Waals surface area contributed by atoms with Gasteiger partial charge in [0.05, 0.1) is 19.3 Å². The maximum Gasteiger partial charge on any atom is 0.185 e. The zero-order chi connectivity index (χ0) is 20.2. The number of rotatable bonds is 20. The van der Waals surface area contributed by atoms with Crippen molar-refractivity contribution in [2.24, 2.45) is 22.4 Å². The third-order valence-corrected chi connectivity index (χ3v) is 5.08. The molecule has 2 atom stereocenters. The zero-order valence-corrected chi connectivity index (χ0v) is 18.1. The van der Waals surface area contributed by atoms with Crippen LogP contribution in [0.15, 0.2) is 4.99 Å². The maximum atomic E-state index is 9.86. The van der Waals surface area contributed by atoms with Gasteiger partial charge in [-0.2, -0.15) is 0 Å². The van der Waals surface area contributed by atoms with E-state index in [-0.39, 0.29) is 12.5 Å². The van der Waals surface area contributed by atoms with Crippen molar-refractivity contribution < 1.29 is 9.84 Å². The second kappa shape index (κ2) is 19.9. The molecule has 0 rings (SSSR count). The van der Waals surface area contributed by atoms with Crippen LogP contribution in [0.3, 0.4) is 0 Å². The topological polar surface area (TPSA) is 93.9 Å². The molecule has 0 bridgehead atoms. The number of aliphatic hydroxyl groups is 1. The molecule has 5 N–H and O–H groups in total. The van der Waals surface area contributed by atoms with Crippen molar-refractivity contribution in [1.29, 1.82) is 0 Å². The molecule has 0 heterocycles. The Morgan fingerprint density at radius 3 is 1.74 bits per heavy atom. The van der Waals surface area contributed by atoms with Crippen molar-refractivity contribution in [1.82, 2.24) is 0 Å². The second-order valence-electron chi connectivity index (χ2n) is 7.94. The van der Waals surface area contributed by atoms with Crippen LogP contribution >= 0.6 is 0 Å². The van der Waals surface area contributed by atoms with Crippen molar-refractivity contribution in [3.05, 3.63) is 0 Å². The quantitative estimate of drug-likeness (QED) is 0.160. The monoisotopic (exact) mass is 385 g/mol. The fourth-order valence-corrected chi connectivity index (χ4v) is 3.37. The molecule has 0 aliphatic rings. The first-order valence-electron chi connectivity index (χ1n) is 11.4. The fourth-order valence-electron chi connectivity index (χ4n) is 3.37. The molecule has 2 unspecified atom stereocenters. The molecule has 0 aliphatic carbocycles. The fraction of sp³-hybridized carbons (Fsp3) is 0.955. The predicted octanol–water partition coefficient (Wildman–Crippen LogP) is 4.75. The van der Waals surface area contributed by atoms with Crippen LogP contribution in [-0.2, 0) is 4.74 Å². The third kappa shape index (κ3) is 19.7. The summed E-state index contributed by atoms with van der Waals surface area (Å²) in [4.78, 5) is 3.83. The van der Waals surface area contributed by atoms with Crippen molar-refractivity contribution in [3.63, 3.8) is 0 Å². The minimum Gasteiger partial charge on any atom is -0.389 e. The molecule has 0 aromatic rings. The van der Waals surface area contributed by atoms with Gasteiger partial charge in [0.2, 0.25) is 0 Å². The van der Waals surface area contributed by atoms with Gasteiger partial charge in [0, 0.05) is 6.61 Å². The predicted molar refractivity (Wildman–Crippen MR) is 117 cm³/mol. The van der Waals surface area contributed by atoms with Crippen LogP contribution in [0, 0.1) is 5.92 Å². The van der Waals surface area contributed by atoms with Gasteiger partial charge in [-0.25, -0.2) is 0 Å². The van der Waals surface area contributed by atoms with Gasteiger partial charge in [-0.1, -0.05) is 90.9 Å². The number of hydrogen-bond acceptors (Lipinski definition) is 3. The minimum absolute atomic E-state index is 0.0120. The Kier molecular flexibility index (Phi) is 19.3. The Hall–Kier alpha value is -0.810. The molecule has 27 heavy (non-hydrogen) atoms. The van der Waals surface area contributed by atoms with Crippen molar-refractivity contribution >= 4 is 5.96 Å². The largest absolute Gasteiger partial charge is 0.389 e. The molecule has 0 aromatic heterocycles. The van der Waals surface area contributed by atoms with E-state index >= 15 is 0 Å². The number of nitrogens with zero attached hydrogens (tertiary/aromatic N) is 1. The summed E-state index contributed by atoms with van der Waals surface area (Å²) in [5.41, 5.74) is 10.6. The van der Waals surface area contributed by atoms with Gasteiger partial charge in [0.15, 0.2) is 5.96 Å². The van der Waals surface area contributed by atoms with Crippen LogP contribution in [0.25, 0.3) is 0 Å². The van der Waals surface area contributed by atoms with E-state index in [1.165, 1.54) is 89.9 Å². The van der Waals surface area contributed by atoms with Gasteiger partial charge >= 0.3 is 0 Å². The van der Waals surface area contributed by atoms with Crippen molar-refractivity contribution in [2.45, 2.75) is 110 Å². The smallest absolute Gasteiger partial charge is 0.185 e. The lowest BCUT2D eigenvalue weighted by Gasteiger charge is -2.18. The Morgan fingerprint density at radius 1 is 0.778 bits per heavy atom. The first-order valence-corrected chi connectivity index (χ1v) is 11.4. The van der Waals surface area contributed by atoms with E-state index in [2.05, 4.69) is 18.8 Å². The molecular weight excluding hydrogens is 338 g/mol. The number of guanidine groups is 1. The molecular formula is C22H47N3O2. The lowest BCUT2D eigenvalue weighted by atomic mass is 9.95. The van der Waals surface area contributed by atoms with E-state index in [9.17, 15) is 5.11 Å². The van der Waals surface area contributed by atoms with Gasteiger partial charge < -0.3 is 21.3 Å². The Balaban J connectivity index is 3.99. The summed E-state index contributed by atoms with van der Waals surface area (Å²) in [5, 5.41) is 9.86.